The summed E-state index contributed by atoms with van der Waals surface area (Å²) in [6, 6.07) is 1.66. The minimum atomic E-state index is -0.0920. The van der Waals surface area contributed by atoms with Crippen LogP contribution in [0.25, 0.3) is 0 Å². The van der Waals surface area contributed by atoms with E-state index < -0.39 is 0 Å². The van der Waals surface area contributed by atoms with Gasteiger partial charge in [-0.1, -0.05) is 0 Å². The predicted molar refractivity (Wildman–Crippen MR) is 68.0 cm³/mol. The quantitative estimate of drug-likeness (QED) is 0.800. The summed E-state index contributed by atoms with van der Waals surface area (Å²) in [5.74, 6) is 1.01. The number of nitrogens with two attached hydrogens (primary N) is 1. The lowest BCUT2D eigenvalue weighted by Gasteiger charge is -2.30. The third-order valence-electron chi connectivity index (χ3n) is 3.06. The first-order chi connectivity index (χ1) is 8.70. The Hall–Kier alpha value is -1.85. The average Bonchev–Trinajstić information content (AvgIpc) is 2.39. The van der Waals surface area contributed by atoms with Gasteiger partial charge in [-0.2, -0.15) is 4.98 Å². The first-order valence-electron chi connectivity index (χ1n) is 6.20. The molecule has 1 aromatic rings. The molecule has 6 nitrogen and oxygen atoms in total. The molecule has 2 heterocycles. The second-order valence-corrected chi connectivity index (χ2v) is 4.29. The van der Waals surface area contributed by atoms with Gasteiger partial charge < -0.3 is 15.4 Å². The van der Waals surface area contributed by atoms with Crippen LogP contribution in [0.1, 0.15) is 19.8 Å². The Bertz CT molecular complexity index is 416. The van der Waals surface area contributed by atoms with E-state index in [-0.39, 0.29) is 11.9 Å². The minimum absolute atomic E-state index is 0.00209. The molecule has 18 heavy (non-hydrogen) atoms. The molecule has 0 atom stereocenters. The van der Waals surface area contributed by atoms with Crippen molar-refractivity contribution in [2.45, 2.75) is 19.8 Å². The molecular weight excluding hydrogens is 232 g/mol. The summed E-state index contributed by atoms with van der Waals surface area (Å²) >= 11 is 0. The summed E-state index contributed by atoms with van der Waals surface area (Å²) in [6.07, 6.45) is 3.20. The number of anilines is 2. The molecule has 0 aromatic carbocycles. The number of nitrogens with zero attached hydrogens (tertiary/aromatic N) is 3. The molecule has 2 rings (SSSR count). The van der Waals surface area contributed by atoms with Gasteiger partial charge >= 0.3 is 5.97 Å². The van der Waals surface area contributed by atoms with E-state index in [1.165, 1.54) is 0 Å². The Labute approximate surface area is 106 Å². The molecule has 1 aliphatic heterocycles. The van der Waals surface area contributed by atoms with Crippen LogP contribution in [0.3, 0.4) is 0 Å². The molecule has 1 aliphatic rings. The van der Waals surface area contributed by atoms with E-state index in [0.717, 1.165) is 25.9 Å². The fraction of sp³-hybridized carbons (Fsp3) is 0.583. The van der Waals surface area contributed by atoms with E-state index in [1.807, 2.05) is 11.8 Å². The highest BCUT2D eigenvalue weighted by atomic mass is 16.5. The predicted octanol–water partition coefficient (Wildman–Crippen LogP) is 0.838. The Kier molecular flexibility index (Phi) is 3.96. The number of hydrogen-bond acceptors (Lipinski definition) is 6. The van der Waals surface area contributed by atoms with Gasteiger partial charge in [0.15, 0.2) is 0 Å². The lowest BCUT2D eigenvalue weighted by Crippen LogP contribution is -2.37. The number of nitrogen functional groups attached to an aromatic ring is 1. The SMILES string of the molecule is CCOC(=O)C1CCN(c2nccc(N)n2)CC1. The highest BCUT2D eigenvalue weighted by Gasteiger charge is 2.26. The number of aromatic nitrogens is 2. The molecule has 1 saturated heterocycles. The first-order valence-corrected chi connectivity index (χ1v) is 6.20. The van der Waals surface area contributed by atoms with Crippen LogP contribution in [0.4, 0.5) is 11.8 Å². The largest absolute Gasteiger partial charge is 0.466 e. The minimum Gasteiger partial charge on any atom is -0.466 e. The van der Waals surface area contributed by atoms with Crippen molar-refractivity contribution >= 4 is 17.7 Å². The number of carbonyl (C=O) groups excluding carboxylic acids is 1. The topological polar surface area (TPSA) is 81.3 Å². The normalized spacial score (nSPS) is 16.6. The van der Waals surface area contributed by atoms with Gasteiger partial charge in [-0.25, -0.2) is 4.98 Å². The molecule has 0 unspecified atom stereocenters. The van der Waals surface area contributed by atoms with Crippen molar-refractivity contribution in [3.63, 3.8) is 0 Å². The lowest BCUT2D eigenvalue weighted by atomic mass is 9.97. The maximum Gasteiger partial charge on any atom is 0.309 e. The van der Waals surface area contributed by atoms with Crippen LogP contribution in [0.15, 0.2) is 12.3 Å². The zero-order valence-corrected chi connectivity index (χ0v) is 10.5. The van der Waals surface area contributed by atoms with Gasteiger partial charge in [0.05, 0.1) is 12.5 Å². The van der Waals surface area contributed by atoms with Gasteiger partial charge in [-0.05, 0) is 25.8 Å². The van der Waals surface area contributed by atoms with Crippen LogP contribution < -0.4 is 10.6 Å². The molecule has 98 valence electrons. The number of piperidine rings is 1. The molecule has 0 aliphatic carbocycles. The summed E-state index contributed by atoms with van der Waals surface area (Å²) in [7, 11) is 0. The van der Waals surface area contributed by atoms with Crippen molar-refractivity contribution in [1.82, 2.24) is 9.97 Å². The molecule has 6 heteroatoms. The summed E-state index contributed by atoms with van der Waals surface area (Å²) in [4.78, 5) is 22.0. The zero-order valence-electron chi connectivity index (χ0n) is 10.5. The van der Waals surface area contributed by atoms with Crippen molar-refractivity contribution in [3.05, 3.63) is 12.3 Å². The maximum atomic E-state index is 11.6. The van der Waals surface area contributed by atoms with Gasteiger partial charge in [0, 0.05) is 19.3 Å². The molecule has 0 bridgehead atoms. The Morgan fingerprint density at radius 3 is 2.89 bits per heavy atom. The average molecular weight is 250 g/mol. The van der Waals surface area contributed by atoms with Crippen LogP contribution in [-0.2, 0) is 9.53 Å². The zero-order chi connectivity index (χ0) is 13.0. The van der Waals surface area contributed by atoms with Gasteiger partial charge in [0.25, 0.3) is 0 Å². The number of esters is 1. The molecule has 1 aromatic heterocycles. The highest BCUT2D eigenvalue weighted by Crippen LogP contribution is 2.21. The third-order valence-corrected chi connectivity index (χ3v) is 3.06. The van der Waals surface area contributed by atoms with Crippen molar-refractivity contribution in [2.75, 3.05) is 30.3 Å². The Morgan fingerprint density at radius 1 is 1.56 bits per heavy atom. The summed E-state index contributed by atoms with van der Waals surface area (Å²) in [5.41, 5.74) is 5.63. The lowest BCUT2D eigenvalue weighted by molar-refractivity contribution is -0.148. The van der Waals surface area contributed by atoms with Crippen LogP contribution >= 0.6 is 0 Å². The highest BCUT2D eigenvalue weighted by molar-refractivity contribution is 5.72. The molecular formula is C12H18N4O2. The van der Waals surface area contributed by atoms with E-state index in [1.54, 1.807) is 12.3 Å². The first kappa shape index (κ1) is 12.6. The maximum absolute atomic E-state index is 11.6. The van der Waals surface area contributed by atoms with E-state index in [2.05, 4.69) is 9.97 Å². The van der Waals surface area contributed by atoms with E-state index in [0.29, 0.717) is 18.4 Å². The van der Waals surface area contributed by atoms with E-state index >= 15 is 0 Å². The molecule has 2 N–H and O–H groups in total. The van der Waals surface area contributed by atoms with E-state index in [9.17, 15) is 4.79 Å². The van der Waals surface area contributed by atoms with Crippen molar-refractivity contribution in [1.29, 1.82) is 0 Å². The number of hydrogen-bond donors (Lipinski definition) is 1. The second kappa shape index (κ2) is 5.66. The molecule has 0 spiro atoms. The van der Waals surface area contributed by atoms with Gasteiger partial charge in [0.2, 0.25) is 5.95 Å². The van der Waals surface area contributed by atoms with E-state index in [4.69, 9.17) is 10.5 Å². The molecule has 0 saturated carbocycles. The van der Waals surface area contributed by atoms with Gasteiger partial charge in [-0.3, -0.25) is 4.79 Å². The second-order valence-electron chi connectivity index (χ2n) is 4.29. The monoisotopic (exact) mass is 250 g/mol. The number of carbonyl (C=O) groups is 1. The number of rotatable bonds is 3. The van der Waals surface area contributed by atoms with Crippen molar-refractivity contribution in [2.24, 2.45) is 5.92 Å². The van der Waals surface area contributed by atoms with Crippen molar-refractivity contribution < 1.29 is 9.53 Å². The summed E-state index contributed by atoms with van der Waals surface area (Å²) in [5, 5.41) is 0. The molecule has 0 radical (unpaired) electrons. The Morgan fingerprint density at radius 2 is 2.28 bits per heavy atom. The summed E-state index contributed by atoms with van der Waals surface area (Å²) in [6.45, 7) is 3.78. The number of ether oxygens (including phenoxy) is 1. The van der Waals surface area contributed by atoms with Crippen molar-refractivity contribution in [3.8, 4) is 0 Å². The van der Waals surface area contributed by atoms with Crippen LogP contribution in [0, 0.1) is 5.92 Å². The van der Waals surface area contributed by atoms with Crippen LogP contribution in [0.2, 0.25) is 0 Å². The molecule has 0 amide bonds. The fourth-order valence-corrected chi connectivity index (χ4v) is 2.09. The fourth-order valence-electron chi connectivity index (χ4n) is 2.09. The van der Waals surface area contributed by atoms with Crippen LogP contribution in [-0.4, -0.2) is 35.6 Å². The van der Waals surface area contributed by atoms with Gasteiger partial charge in [-0.15, -0.1) is 0 Å². The third kappa shape index (κ3) is 2.88. The Balaban J connectivity index is 1.92. The summed E-state index contributed by atoms with van der Waals surface area (Å²) < 4.78 is 5.03. The van der Waals surface area contributed by atoms with Gasteiger partial charge in [0.1, 0.15) is 5.82 Å². The standard InChI is InChI=1S/C12H18N4O2/c1-2-18-11(17)9-4-7-16(8-5-9)12-14-6-3-10(13)15-12/h3,6,9H,2,4-5,7-8H2,1H3,(H2,13,14,15). The molecule has 1 fully saturated rings. The smallest absolute Gasteiger partial charge is 0.309 e. The van der Waals surface area contributed by atoms with Crippen LogP contribution in [0.5, 0.6) is 0 Å².